The number of hydrogen-bond acceptors (Lipinski definition) is 3. The number of rotatable bonds is 6. The molecule has 1 heterocycles. The van der Waals surface area contributed by atoms with E-state index in [4.69, 9.17) is 0 Å². The van der Waals surface area contributed by atoms with Crippen LogP contribution in [0.1, 0.15) is 20.8 Å². The molecule has 0 saturated carbocycles. The Morgan fingerprint density at radius 3 is 2.29 bits per heavy atom. The number of piperazine rings is 1. The van der Waals surface area contributed by atoms with Crippen molar-refractivity contribution in [2.24, 2.45) is 10.9 Å². The van der Waals surface area contributed by atoms with Crippen LogP contribution in [0.3, 0.4) is 0 Å². The Balaban J connectivity index is 0.00000529. The van der Waals surface area contributed by atoms with Crippen molar-refractivity contribution in [3.63, 3.8) is 0 Å². The molecule has 0 atom stereocenters. The summed E-state index contributed by atoms with van der Waals surface area (Å²) < 4.78 is 0. The molecule has 6 nitrogen and oxygen atoms in total. The highest BCUT2D eigenvalue weighted by atomic mass is 127. The van der Waals surface area contributed by atoms with E-state index < -0.39 is 0 Å². The molecule has 1 rings (SSSR count). The zero-order valence-corrected chi connectivity index (χ0v) is 18.2. The van der Waals surface area contributed by atoms with Crippen molar-refractivity contribution in [3.05, 3.63) is 12.2 Å². The van der Waals surface area contributed by atoms with E-state index in [2.05, 4.69) is 40.5 Å². The van der Waals surface area contributed by atoms with Gasteiger partial charge in [0.15, 0.2) is 5.96 Å². The van der Waals surface area contributed by atoms with Crippen molar-refractivity contribution in [3.8, 4) is 0 Å². The second kappa shape index (κ2) is 11.7. The van der Waals surface area contributed by atoms with Crippen LogP contribution in [0.2, 0.25) is 0 Å². The van der Waals surface area contributed by atoms with Crippen LogP contribution in [0.15, 0.2) is 17.1 Å². The third-order valence-corrected chi connectivity index (χ3v) is 3.71. The topological polar surface area (TPSA) is 51.2 Å². The highest BCUT2D eigenvalue weighted by molar-refractivity contribution is 14.0. The van der Waals surface area contributed by atoms with Crippen molar-refractivity contribution < 1.29 is 4.79 Å². The van der Waals surface area contributed by atoms with Gasteiger partial charge in [-0.1, -0.05) is 26.0 Å². The first-order valence-electron chi connectivity index (χ1n) is 8.39. The fourth-order valence-electron chi connectivity index (χ4n) is 2.44. The molecule has 0 aromatic carbocycles. The zero-order chi connectivity index (χ0) is 17.4. The minimum atomic E-state index is 0. The number of amides is 1. The molecule has 1 saturated heterocycles. The normalized spacial score (nSPS) is 15.9. The van der Waals surface area contributed by atoms with Gasteiger partial charge in [-0.05, 0) is 12.8 Å². The van der Waals surface area contributed by atoms with Crippen molar-refractivity contribution in [1.29, 1.82) is 0 Å². The molecule has 0 radical (unpaired) electrons. The molecule has 0 aromatic rings. The van der Waals surface area contributed by atoms with E-state index in [9.17, 15) is 4.79 Å². The number of nitrogens with one attached hydrogen (secondary N) is 1. The fourth-order valence-corrected chi connectivity index (χ4v) is 2.44. The Hall–Kier alpha value is -0.830. The molecule has 0 bridgehead atoms. The summed E-state index contributed by atoms with van der Waals surface area (Å²) in [5.41, 5.74) is 1.05. The van der Waals surface area contributed by atoms with Crippen LogP contribution in [0, 0.1) is 5.92 Å². The van der Waals surface area contributed by atoms with Gasteiger partial charge in [0.05, 0.1) is 0 Å². The fraction of sp³-hybridized carbons (Fsp3) is 0.765. The zero-order valence-electron chi connectivity index (χ0n) is 15.8. The van der Waals surface area contributed by atoms with Crippen molar-refractivity contribution in [1.82, 2.24) is 20.0 Å². The summed E-state index contributed by atoms with van der Waals surface area (Å²) in [5.74, 6) is 1.51. The number of carbonyl (C=O) groups excluding carboxylic acids is 1. The van der Waals surface area contributed by atoms with Gasteiger partial charge in [-0.2, -0.15) is 0 Å². The molecule has 1 fully saturated rings. The summed E-state index contributed by atoms with van der Waals surface area (Å²) in [6.07, 6.45) is 0. The van der Waals surface area contributed by atoms with Gasteiger partial charge in [-0.3, -0.25) is 9.69 Å². The van der Waals surface area contributed by atoms with Gasteiger partial charge in [0.2, 0.25) is 5.91 Å². The lowest BCUT2D eigenvalue weighted by molar-refractivity contribution is -0.127. The number of carbonyl (C=O) groups is 1. The molecule has 1 aliphatic heterocycles. The van der Waals surface area contributed by atoms with E-state index in [0.717, 1.165) is 44.3 Å². The predicted octanol–water partition coefficient (Wildman–Crippen LogP) is 1.49. The summed E-state index contributed by atoms with van der Waals surface area (Å²) in [4.78, 5) is 22.6. The third kappa shape index (κ3) is 8.86. The lowest BCUT2D eigenvalue weighted by atomic mass is 10.2. The number of halogens is 1. The molecule has 0 aromatic heterocycles. The van der Waals surface area contributed by atoms with Crippen LogP contribution < -0.4 is 5.32 Å². The molecule has 0 spiro atoms. The SMILES string of the molecule is C=C(C)CNC(=NCC(=O)N(C)C)N1CCN(CC(C)C)CC1.I. The standard InChI is InChI=1S/C17H33N5O.HI/c1-14(2)11-18-17(19-12-16(23)20(5)6)22-9-7-21(8-10-22)13-15(3)4;/h15H,1,7-13H2,2-6H3,(H,18,19);1H. The first-order chi connectivity index (χ1) is 10.8. The van der Waals surface area contributed by atoms with Crippen molar-refractivity contribution in [2.75, 3.05) is 59.9 Å². The molecule has 1 aliphatic rings. The predicted molar refractivity (Wildman–Crippen MR) is 112 cm³/mol. The van der Waals surface area contributed by atoms with Crippen molar-refractivity contribution in [2.45, 2.75) is 20.8 Å². The van der Waals surface area contributed by atoms with E-state index >= 15 is 0 Å². The molecule has 140 valence electrons. The number of likely N-dealkylation sites (N-methyl/N-ethyl adjacent to an activating group) is 1. The first kappa shape index (κ1) is 23.2. The van der Waals surface area contributed by atoms with Crippen LogP contribution in [0.4, 0.5) is 0 Å². The van der Waals surface area contributed by atoms with Crippen LogP contribution >= 0.6 is 24.0 Å². The number of nitrogens with zero attached hydrogens (tertiary/aromatic N) is 4. The van der Waals surface area contributed by atoms with E-state index in [1.807, 2.05) is 6.92 Å². The molecule has 24 heavy (non-hydrogen) atoms. The molecular weight excluding hydrogens is 417 g/mol. The lowest BCUT2D eigenvalue weighted by Gasteiger charge is -2.37. The van der Waals surface area contributed by atoms with Gasteiger partial charge in [0, 0.05) is 53.4 Å². The van der Waals surface area contributed by atoms with E-state index in [1.54, 1.807) is 19.0 Å². The molecule has 0 aliphatic carbocycles. The lowest BCUT2D eigenvalue weighted by Crippen LogP contribution is -2.53. The minimum absolute atomic E-state index is 0. The second-order valence-corrected chi connectivity index (χ2v) is 6.92. The third-order valence-electron chi connectivity index (χ3n) is 3.71. The Morgan fingerprint density at radius 2 is 1.83 bits per heavy atom. The Morgan fingerprint density at radius 1 is 1.25 bits per heavy atom. The largest absolute Gasteiger partial charge is 0.353 e. The Labute approximate surface area is 164 Å². The maximum atomic E-state index is 11.8. The summed E-state index contributed by atoms with van der Waals surface area (Å²) >= 11 is 0. The van der Waals surface area contributed by atoms with Gasteiger partial charge in [0.1, 0.15) is 6.54 Å². The van der Waals surface area contributed by atoms with Gasteiger partial charge in [0.25, 0.3) is 0 Å². The second-order valence-electron chi connectivity index (χ2n) is 6.92. The summed E-state index contributed by atoms with van der Waals surface area (Å²) in [5, 5.41) is 3.33. The highest BCUT2D eigenvalue weighted by Gasteiger charge is 2.20. The maximum absolute atomic E-state index is 11.8. The molecular formula is C17H34IN5O. The number of guanidine groups is 1. The maximum Gasteiger partial charge on any atom is 0.243 e. The van der Waals surface area contributed by atoms with Crippen LogP contribution in [-0.4, -0.2) is 86.5 Å². The summed E-state index contributed by atoms with van der Waals surface area (Å²) in [7, 11) is 3.51. The van der Waals surface area contributed by atoms with Gasteiger partial charge < -0.3 is 15.1 Å². The van der Waals surface area contributed by atoms with E-state index in [-0.39, 0.29) is 36.4 Å². The summed E-state index contributed by atoms with van der Waals surface area (Å²) in [6.45, 7) is 16.3. The van der Waals surface area contributed by atoms with Crippen LogP contribution in [0.25, 0.3) is 0 Å². The smallest absolute Gasteiger partial charge is 0.243 e. The number of aliphatic imine (C=N–C) groups is 1. The average molecular weight is 451 g/mol. The highest BCUT2D eigenvalue weighted by Crippen LogP contribution is 2.06. The van der Waals surface area contributed by atoms with Crippen LogP contribution in [-0.2, 0) is 4.79 Å². The Bertz CT molecular complexity index is 429. The average Bonchev–Trinajstić information content (AvgIpc) is 2.47. The minimum Gasteiger partial charge on any atom is -0.353 e. The molecule has 1 amide bonds. The van der Waals surface area contributed by atoms with Gasteiger partial charge >= 0.3 is 0 Å². The monoisotopic (exact) mass is 451 g/mol. The molecule has 1 N–H and O–H groups in total. The Kier molecular flexibility index (Phi) is 11.3. The molecule has 0 unspecified atom stereocenters. The van der Waals surface area contributed by atoms with E-state index in [0.29, 0.717) is 12.5 Å². The van der Waals surface area contributed by atoms with Crippen molar-refractivity contribution >= 4 is 35.8 Å². The van der Waals surface area contributed by atoms with Gasteiger partial charge in [-0.15, -0.1) is 24.0 Å². The molecule has 7 heteroatoms. The quantitative estimate of drug-likeness (QED) is 0.288. The summed E-state index contributed by atoms with van der Waals surface area (Å²) in [6, 6.07) is 0. The number of hydrogen-bond donors (Lipinski definition) is 1. The van der Waals surface area contributed by atoms with Gasteiger partial charge in [-0.25, -0.2) is 4.99 Å². The van der Waals surface area contributed by atoms with Crippen LogP contribution in [0.5, 0.6) is 0 Å². The van der Waals surface area contributed by atoms with E-state index in [1.165, 1.54) is 0 Å². The first-order valence-corrected chi connectivity index (χ1v) is 8.39.